The molecular formula is C38H43Cl2FN8O2. The van der Waals surface area contributed by atoms with Crippen molar-refractivity contribution in [3.63, 3.8) is 0 Å². The highest BCUT2D eigenvalue weighted by atomic mass is 35.5. The number of methoxy groups -OCH3 is 1. The van der Waals surface area contributed by atoms with E-state index < -0.39 is 5.82 Å². The van der Waals surface area contributed by atoms with Gasteiger partial charge in [-0.15, -0.1) is 0 Å². The minimum Gasteiger partial charge on any atom is -0.481 e. The van der Waals surface area contributed by atoms with Gasteiger partial charge in [0.1, 0.15) is 0 Å². The number of hydrogen-bond acceptors (Lipinski definition) is 9. The van der Waals surface area contributed by atoms with E-state index >= 15 is 4.39 Å². The highest BCUT2D eigenvalue weighted by Gasteiger charge is 2.40. The Morgan fingerprint density at radius 3 is 2.61 bits per heavy atom. The third-order valence-corrected chi connectivity index (χ3v) is 11.3. The number of benzene rings is 1. The topological polar surface area (TPSA) is 108 Å². The molecule has 3 aromatic heterocycles. The normalized spacial score (nSPS) is 19.6. The molecule has 10 nitrogen and oxygen atoms in total. The molecule has 0 saturated carbocycles. The number of hydrogen-bond donors (Lipinski definition) is 3. The molecule has 1 amide bonds. The van der Waals surface area contributed by atoms with Crippen molar-refractivity contribution < 1.29 is 13.9 Å². The highest BCUT2D eigenvalue weighted by molar-refractivity contribution is 6.39. The first-order chi connectivity index (χ1) is 24.7. The smallest absolute Gasteiger partial charge is 0.219 e. The largest absolute Gasteiger partial charge is 0.481 e. The lowest BCUT2D eigenvalue weighted by molar-refractivity contribution is -0.129. The van der Waals surface area contributed by atoms with Crippen LogP contribution in [0.4, 0.5) is 15.9 Å². The third-order valence-electron chi connectivity index (χ3n) is 10.5. The summed E-state index contributed by atoms with van der Waals surface area (Å²) in [5.41, 5.74) is 4.78. The van der Waals surface area contributed by atoms with Crippen molar-refractivity contribution in [1.82, 2.24) is 35.4 Å². The van der Waals surface area contributed by atoms with Crippen LogP contribution < -0.4 is 20.7 Å². The highest BCUT2D eigenvalue weighted by Crippen LogP contribution is 2.41. The molecule has 1 spiro atoms. The van der Waals surface area contributed by atoms with Crippen LogP contribution in [0.25, 0.3) is 22.5 Å². The second kappa shape index (κ2) is 15.4. The van der Waals surface area contributed by atoms with Crippen LogP contribution in [0.3, 0.4) is 0 Å². The molecule has 0 radical (unpaired) electrons. The zero-order valence-corrected chi connectivity index (χ0v) is 30.5. The maximum atomic E-state index is 15.7. The first kappa shape index (κ1) is 35.5. The predicted molar refractivity (Wildman–Crippen MR) is 199 cm³/mol. The number of nitrogens with zero attached hydrogens (tertiary/aromatic N) is 5. The molecule has 1 unspecified atom stereocenters. The first-order valence-corrected chi connectivity index (χ1v) is 18.3. The van der Waals surface area contributed by atoms with E-state index in [0.29, 0.717) is 74.7 Å². The fourth-order valence-electron chi connectivity index (χ4n) is 7.59. The Hall–Kier alpha value is -3.87. The Morgan fingerprint density at radius 1 is 1.02 bits per heavy atom. The number of anilines is 2. The Labute approximate surface area is 308 Å². The van der Waals surface area contributed by atoms with Crippen molar-refractivity contribution in [2.45, 2.75) is 51.7 Å². The van der Waals surface area contributed by atoms with Crippen LogP contribution in [0.2, 0.25) is 10.0 Å². The van der Waals surface area contributed by atoms with Crippen LogP contribution in [0, 0.1) is 11.2 Å². The lowest BCUT2D eigenvalue weighted by Crippen LogP contribution is -2.44. The average molecular weight is 734 g/mol. The van der Waals surface area contributed by atoms with Crippen LogP contribution in [-0.4, -0.2) is 83.1 Å². The number of amides is 1. The van der Waals surface area contributed by atoms with Gasteiger partial charge in [-0.05, 0) is 68.5 Å². The number of rotatable bonds is 10. The number of likely N-dealkylation sites (tertiary alicyclic amines) is 2. The summed E-state index contributed by atoms with van der Waals surface area (Å²) in [4.78, 5) is 29.7. The first-order valence-electron chi connectivity index (χ1n) is 17.5. The summed E-state index contributed by atoms with van der Waals surface area (Å²) in [6, 6.07) is 13.1. The SMILES string of the molecule is COc1nc(-c2ccnc(-c3cccc(Nc4nccc(CNC5CCN(C(C)=O)CC5)c4F)c3Cl)c2Cl)ccc1CN1CCC2(CCNC2)C1. The summed E-state index contributed by atoms with van der Waals surface area (Å²) >= 11 is 14.0. The van der Waals surface area contributed by atoms with Gasteiger partial charge in [0.15, 0.2) is 11.6 Å². The second-order valence-corrected chi connectivity index (χ2v) is 14.6. The second-order valence-electron chi connectivity index (χ2n) is 13.9. The van der Waals surface area contributed by atoms with Crippen molar-refractivity contribution in [3.05, 3.63) is 81.8 Å². The molecule has 0 bridgehead atoms. The predicted octanol–water partition coefficient (Wildman–Crippen LogP) is 6.69. The average Bonchev–Trinajstić information content (AvgIpc) is 3.78. The molecule has 7 rings (SSSR count). The van der Waals surface area contributed by atoms with Crippen LogP contribution in [-0.2, 0) is 17.9 Å². The zero-order chi connectivity index (χ0) is 35.5. The minimum atomic E-state index is -0.464. The maximum Gasteiger partial charge on any atom is 0.219 e. The summed E-state index contributed by atoms with van der Waals surface area (Å²) in [5, 5.41) is 10.8. The Kier molecular flexibility index (Phi) is 10.7. The van der Waals surface area contributed by atoms with Gasteiger partial charge in [-0.2, -0.15) is 0 Å². The van der Waals surface area contributed by atoms with Crippen molar-refractivity contribution in [1.29, 1.82) is 0 Å². The van der Waals surface area contributed by atoms with E-state index in [1.165, 1.54) is 12.8 Å². The van der Waals surface area contributed by atoms with Crippen LogP contribution in [0.5, 0.6) is 5.88 Å². The standard InChI is InChI=1S/C38H43Cl2FN8O2/c1-24(50)49-17-10-27(11-18-49)45-20-25-8-14-44-36(34(25)41)46-31-5-3-4-29(32(31)39)35-33(40)28(9-15-43-35)30-7-6-26(37(47-30)51-2)21-48-19-13-38(23-48)12-16-42-22-38/h3-9,14-15,27,42,45H,10-13,16-23H2,1-2H3,(H,44,46). The summed E-state index contributed by atoms with van der Waals surface area (Å²) in [6.07, 6.45) is 7.33. The molecule has 3 aliphatic rings. The number of carbonyl (C=O) groups is 1. The van der Waals surface area contributed by atoms with Crippen molar-refractivity contribution >= 4 is 40.6 Å². The molecule has 51 heavy (non-hydrogen) atoms. The van der Waals surface area contributed by atoms with Gasteiger partial charge in [-0.1, -0.05) is 41.4 Å². The van der Waals surface area contributed by atoms with E-state index in [1.807, 2.05) is 29.2 Å². The quantitative estimate of drug-likeness (QED) is 0.164. The monoisotopic (exact) mass is 732 g/mol. The van der Waals surface area contributed by atoms with Crippen molar-refractivity contribution in [2.75, 3.05) is 51.7 Å². The number of ether oxygens (including phenoxy) is 1. The summed E-state index contributed by atoms with van der Waals surface area (Å²) in [7, 11) is 1.64. The maximum absolute atomic E-state index is 15.7. The number of pyridine rings is 3. The Balaban J connectivity index is 1.07. The van der Waals surface area contributed by atoms with Crippen LogP contribution in [0.15, 0.2) is 54.9 Å². The lowest BCUT2D eigenvalue weighted by Gasteiger charge is -2.31. The summed E-state index contributed by atoms with van der Waals surface area (Å²) in [6.45, 7) is 8.43. The van der Waals surface area contributed by atoms with Crippen LogP contribution >= 0.6 is 23.2 Å². The number of piperidine rings is 1. The van der Waals surface area contributed by atoms with Gasteiger partial charge >= 0.3 is 0 Å². The van der Waals surface area contributed by atoms with Gasteiger partial charge < -0.3 is 25.6 Å². The fraction of sp³-hybridized carbons (Fsp3) is 0.421. The van der Waals surface area contributed by atoms with Gasteiger partial charge in [0.25, 0.3) is 0 Å². The number of halogens is 3. The van der Waals surface area contributed by atoms with E-state index in [-0.39, 0.29) is 17.8 Å². The number of carbonyl (C=O) groups excluding carboxylic acids is 1. The molecular weight excluding hydrogens is 690 g/mol. The van der Waals surface area contributed by atoms with E-state index in [0.717, 1.165) is 51.1 Å². The molecule has 3 fully saturated rings. The summed E-state index contributed by atoms with van der Waals surface area (Å²) in [5.74, 6) is 0.257. The van der Waals surface area contributed by atoms with Gasteiger partial charge in [0.05, 0.1) is 34.2 Å². The third kappa shape index (κ3) is 7.68. The molecule has 3 N–H and O–H groups in total. The lowest BCUT2D eigenvalue weighted by atomic mass is 9.87. The molecule has 268 valence electrons. The Morgan fingerprint density at radius 2 is 1.84 bits per heavy atom. The molecule has 13 heteroatoms. The zero-order valence-electron chi connectivity index (χ0n) is 28.9. The summed E-state index contributed by atoms with van der Waals surface area (Å²) < 4.78 is 21.5. The van der Waals surface area contributed by atoms with Crippen molar-refractivity contribution in [2.24, 2.45) is 5.41 Å². The van der Waals surface area contributed by atoms with Gasteiger partial charge in [-0.25, -0.2) is 14.4 Å². The number of aromatic nitrogens is 3. The van der Waals surface area contributed by atoms with Gasteiger partial charge in [-0.3, -0.25) is 14.7 Å². The van der Waals surface area contributed by atoms with E-state index in [2.05, 4.69) is 36.9 Å². The molecule has 3 saturated heterocycles. The molecule has 3 aliphatic heterocycles. The van der Waals surface area contributed by atoms with Gasteiger partial charge in [0.2, 0.25) is 11.8 Å². The fourth-order valence-corrected chi connectivity index (χ4v) is 8.17. The molecule has 1 atom stereocenters. The van der Waals surface area contributed by atoms with E-state index in [4.69, 9.17) is 32.9 Å². The van der Waals surface area contributed by atoms with E-state index in [9.17, 15) is 4.79 Å². The van der Waals surface area contributed by atoms with Crippen molar-refractivity contribution in [3.8, 4) is 28.4 Å². The molecule has 6 heterocycles. The van der Waals surface area contributed by atoms with E-state index in [1.54, 1.807) is 38.6 Å². The minimum absolute atomic E-state index is 0.0629. The molecule has 4 aromatic rings. The molecule has 1 aromatic carbocycles. The molecule has 0 aliphatic carbocycles. The number of nitrogens with one attached hydrogen (secondary N) is 3. The van der Waals surface area contributed by atoms with Crippen LogP contribution in [0.1, 0.15) is 43.7 Å². The Bertz CT molecular complexity index is 1900. The van der Waals surface area contributed by atoms with Gasteiger partial charge in [0, 0.05) is 86.9 Å².